The van der Waals surface area contributed by atoms with E-state index in [1.165, 1.54) is 4.90 Å². The van der Waals surface area contributed by atoms with Crippen molar-refractivity contribution in [1.29, 1.82) is 0 Å². The molecule has 0 bridgehead atoms. The standard InChI is InChI=1S/C27H37Cl2N3O4S/c1-18(2)15-30-26(34)19(3)31(16-20-8-13-23(28)24(29)14-20)25(33)17-32(37(7,35)36)22-11-9-21(10-12-22)27(4,5)6/h8-14,18-19H,15-17H2,1-7H3,(H,30,34). The van der Waals surface area contributed by atoms with Crippen LogP contribution in [0.1, 0.15) is 52.7 Å². The van der Waals surface area contributed by atoms with Crippen molar-refractivity contribution in [3.63, 3.8) is 0 Å². The van der Waals surface area contributed by atoms with Crippen molar-refractivity contribution in [2.75, 3.05) is 23.7 Å². The largest absolute Gasteiger partial charge is 0.354 e. The number of halogens is 2. The summed E-state index contributed by atoms with van der Waals surface area (Å²) in [5, 5.41) is 3.54. The maximum atomic E-state index is 13.6. The summed E-state index contributed by atoms with van der Waals surface area (Å²) in [6.07, 6.45) is 1.06. The summed E-state index contributed by atoms with van der Waals surface area (Å²) in [4.78, 5) is 27.9. The molecule has 0 aliphatic carbocycles. The van der Waals surface area contributed by atoms with Gasteiger partial charge in [-0.3, -0.25) is 13.9 Å². The molecule has 1 N–H and O–H groups in total. The van der Waals surface area contributed by atoms with Crippen LogP contribution in [0.15, 0.2) is 42.5 Å². The van der Waals surface area contributed by atoms with Crippen molar-refractivity contribution in [2.24, 2.45) is 5.92 Å². The molecule has 0 radical (unpaired) electrons. The molecular weight excluding hydrogens is 533 g/mol. The molecule has 0 aliphatic heterocycles. The van der Waals surface area contributed by atoms with E-state index >= 15 is 0 Å². The number of sulfonamides is 1. The molecule has 0 aliphatic rings. The number of hydrogen-bond donors (Lipinski definition) is 1. The maximum absolute atomic E-state index is 13.6. The fraction of sp³-hybridized carbons (Fsp3) is 0.481. The molecule has 0 saturated heterocycles. The summed E-state index contributed by atoms with van der Waals surface area (Å²) >= 11 is 12.2. The molecule has 10 heteroatoms. The smallest absolute Gasteiger partial charge is 0.244 e. The quantitative estimate of drug-likeness (QED) is 0.423. The summed E-state index contributed by atoms with van der Waals surface area (Å²) < 4.78 is 26.5. The Balaban J connectivity index is 2.40. The van der Waals surface area contributed by atoms with E-state index in [9.17, 15) is 18.0 Å². The zero-order valence-corrected chi connectivity index (χ0v) is 24.8. The zero-order chi connectivity index (χ0) is 28.1. The van der Waals surface area contributed by atoms with Gasteiger partial charge in [0.15, 0.2) is 0 Å². The van der Waals surface area contributed by atoms with Gasteiger partial charge in [0.25, 0.3) is 0 Å². The lowest BCUT2D eigenvalue weighted by Crippen LogP contribution is -2.51. The van der Waals surface area contributed by atoms with Crippen molar-refractivity contribution in [2.45, 2.75) is 59.5 Å². The third kappa shape index (κ3) is 8.90. The Hall–Kier alpha value is -2.29. The lowest BCUT2D eigenvalue weighted by molar-refractivity contribution is -0.139. The first-order chi connectivity index (χ1) is 17.0. The van der Waals surface area contributed by atoms with Crippen LogP contribution in [0.2, 0.25) is 10.0 Å². The van der Waals surface area contributed by atoms with Gasteiger partial charge < -0.3 is 10.2 Å². The Bertz CT molecular complexity index is 1210. The molecule has 1 atom stereocenters. The molecular formula is C27H37Cl2N3O4S. The average Bonchev–Trinajstić information content (AvgIpc) is 2.79. The van der Waals surface area contributed by atoms with Gasteiger partial charge in [-0.15, -0.1) is 0 Å². The van der Waals surface area contributed by atoms with Crippen LogP contribution in [-0.4, -0.2) is 50.5 Å². The second kappa shape index (κ2) is 12.5. The number of carbonyl (C=O) groups excluding carboxylic acids is 2. The van der Waals surface area contributed by atoms with Crippen LogP contribution in [0.4, 0.5) is 5.69 Å². The van der Waals surface area contributed by atoms with Crippen LogP contribution >= 0.6 is 23.2 Å². The lowest BCUT2D eigenvalue weighted by Gasteiger charge is -2.32. The van der Waals surface area contributed by atoms with Gasteiger partial charge in [0, 0.05) is 13.1 Å². The van der Waals surface area contributed by atoms with Crippen molar-refractivity contribution in [1.82, 2.24) is 10.2 Å². The van der Waals surface area contributed by atoms with Gasteiger partial charge >= 0.3 is 0 Å². The SMILES string of the molecule is CC(C)CNC(=O)C(C)N(Cc1ccc(Cl)c(Cl)c1)C(=O)CN(c1ccc(C(C)(C)C)cc1)S(C)(=O)=O. The van der Waals surface area contributed by atoms with Crippen molar-refractivity contribution in [3.05, 3.63) is 63.6 Å². The molecule has 204 valence electrons. The fourth-order valence-corrected chi connectivity index (χ4v) is 4.78. The summed E-state index contributed by atoms with van der Waals surface area (Å²) in [5.41, 5.74) is 1.95. The molecule has 2 aromatic carbocycles. The minimum absolute atomic E-state index is 0.0482. The number of amides is 2. The number of anilines is 1. The van der Waals surface area contributed by atoms with Crippen LogP contribution < -0.4 is 9.62 Å². The molecule has 1 unspecified atom stereocenters. The number of nitrogens with one attached hydrogen (secondary N) is 1. The van der Waals surface area contributed by atoms with Crippen LogP contribution in [0.3, 0.4) is 0 Å². The molecule has 2 rings (SSSR count). The van der Waals surface area contributed by atoms with Gasteiger partial charge in [-0.25, -0.2) is 8.42 Å². The molecule has 0 heterocycles. The van der Waals surface area contributed by atoms with Gasteiger partial charge in [0.1, 0.15) is 12.6 Å². The van der Waals surface area contributed by atoms with Crippen LogP contribution in [0.5, 0.6) is 0 Å². The normalized spacial score (nSPS) is 12.8. The van der Waals surface area contributed by atoms with Gasteiger partial charge in [0.05, 0.1) is 22.0 Å². The summed E-state index contributed by atoms with van der Waals surface area (Å²) in [6, 6.07) is 11.2. The van der Waals surface area contributed by atoms with Gasteiger partial charge in [-0.1, -0.05) is 76.0 Å². The molecule has 0 fully saturated rings. The molecule has 37 heavy (non-hydrogen) atoms. The first kappa shape index (κ1) is 30.9. The molecule has 7 nitrogen and oxygen atoms in total. The number of rotatable bonds is 10. The Labute approximate surface area is 231 Å². The van der Waals surface area contributed by atoms with Crippen molar-refractivity contribution < 1.29 is 18.0 Å². The van der Waals surface area contributed by atoms with Crippen LogP contribution in [0, 0.1) is 5.92 Å². The lowest BCUT2D eigenvalue weighted by atomic mass is 9.87. The van der Waals surface area contributed by atoms with Gasteiger partial charge in [-0.2, -0.15) is 0 Å². The summed E-state index contributed by atoms with van der Waals surface area (Å²) in [6.45, 7) is 11.8. The first-order valence-corrected chi connectivity index (χ1v) is 14.7. The molecule has 2 aromatic rings. The monoisotopic (exact) mass is 569 g/mol. The highest BCUT2D eigenvalue weighted by molar-refractivity contribution is 7.92. The van der Waals surface area contributed by atoms with Crippen molar-refractivity contribution in [3.8, 4) is 0 Å². The molecule has 0 spiro atoms. The van der Waals surface area contributed by atoms with E-state index < -0.39 is 28.5 Å². The summed E-state index contributed by atoms with van der Waals surface area (Å²) in [7, 11) is -3.80. The number of nitrogens with zero attached hydrogens (tertiary/aromatic N) is 2. The maximum Gasteiger partial charge on any atom is 0.244 e. The van der Waals surface area contributed by atoms with Crippen LogP contribution in [0.25, 0.3) is 0 Å². The number of carbonyl (C=O) groups is 2. The highest BCUT2D eigenvalue weighted by atomic mass is 35.5. The summed E-state index contributed by atoms with van der Waals surface area (Å²) in [5.74, 6) is -0.627. The first-order valence-electron chi connectivity index (χ1n) is 12.1. The predicted molar refractivity (Wildman–Crippen MR) is 152 cm³/mol. The van der Waals surface area contributed by atoms with E-state index in [2.05, 4.69) is 26.1 Å². The Morgan fingerprint density at radius 1 is 0.973 bits per heavy atom. The van der Waals surface area contributed by atoms with Gasteiger partial charge in [0.2, 0.25) is 21.8 Å². The number of hydrogen-bond acceptors (Lipinski definition) is 4. The average molecular weight is 571 g/mol. The highest BCUT2D eigenvalue weighted by Gasteiger charge is 2.30. The second-order valence-corrected chi connectivity index (χ2v) is 13.4. The minimum Gasteiger partial charge on any atom is -0.354 e. The zero-order valence-electron chi connectivity index (χ0n) is 22.5. The molecule has 0 aromatic heterocycles. The Kier molecular flexibility index (Phi) is 10.5. The highest BCUT2D eigenvalue weighted by Crippen LogP contribution is 2.27. The van der Waals surface area contributed by atoms with E-state index in [1.807, 2.05) is 26.0 Å². The molecule has 2 amide bonds. The van der Waals surface area contributed by atoms with E-state index in [0.29, 0.717) is 27.8 Å². The predicted octanol–water partition coefficient (Wildman–Crippen LogP) is 5.25. The Morgan fingerprint density at radius 3 is 2.05 bits per heavy atom. The second-order valence-electron chi connectivity index (χ2n) is 10.7. The van der Waals surface area contributed by atoms with E-state index in [1.54, 1.807) is 37.3 Å². The van der Waals surface area contributed by atoms with E-state index in [4.69, 9.17) is 23.2 Å². The van der Waals surface area contributed by atoms with Gasteiger partial charge in [-0.05, 0) is 53.6 Å². The van der Waals surface area contributed by atoms with Crippen LogP contribution in [-0.2, 0) is 31.6 Å². The topological polar surface area (TPSA) is 86.8 Å². The third-order valence-corrected chi connectivity index (χ3v) is 7.77. The molecule has 0 saturated carbocycles. The third-order valence-electron chi connectivity index (χ3n) is 5.89. The number of benzene rings is 2. The Morgan fingerprint density at radius 2 is 1.57 bits per heavy atom. The fourth-order valence-electron chi connectivity index (χ4n) is 3.61. The van der Waals surface area contributed by atoms with Crippen molar-refractivity contribution >= 4 is 50.7 Å². The minimum atomic E-state index is -3.80. The van der Waals surface area contributed by atoms with E-state index in [-0.39, 0.29) is 23.8 Å². The van der Waals surface area contributed by atoms with E-state index in [0.717, 1.165) is 16.1 Å².